The zero-order valence-corrected chi connectivity index (χ0v) is 9.65. The number of halogens is 2. The fourth-order valence-corrected chi connectivity index (χ4v) is 1.50. The minimum absolute atomic E-state index is 0.156. The molecule has 5 heteroatoms. The highest BCUT2D eigenvalue weighted by molar-refractivity contribution is 5.35. The predicted molar refractivity (Wildman–Crippen MR) is 61.3 cm³/mol. The van der Waals surface area contributed by atoms with Crippen molar-refractivity contribution in [2.75, 3.05) is 0 Å². The van der Waals surface area contributed by atoms with Crippen molar-refractivity contribution in [2.24, 2.45) is 0 Å². The number of ether oxygens (including phenoxy) is 1. The summed E-state index contributed by atoms with van der Waals surface area (Å²) in [7, 11) is 0. The first-order chi connectivity index (χ1) is 8.60. The number of hydrogen-bond acceptors (Lipinski definition) is 3. The zero-order chi connectivity index (χ0) is 13.1. The van der Waals surface area contributed by atoms with Crippen LogP contribution < -0.4 is 4.74 Å². The van der Waals surface area contributed by atoms with Gasteiger partial charge in [0.25, 0.3) is 0 Å². The molecule has 94 valence electrons. The quantitative estimate of drug-likeness (QED) is 0.911. The van der Waals surface area contributed by atoms with E-state index >= 15 is 0 Å². The van der Waals surface area contributed by atoms with Crippen molar-refractivity contribution in [1.29, 1.82) is 0 Å². The molecule has 18 heavy (non-hydrogen) atoms. The van der Waals surface area contributed by atoms with E-state index in [1.54, 1.807) is 13.0 Å². The number of aromatic nitrogens is 1. The molecule has 0 radical (unpaired) electrons. The Morgan fingerprint density at radius 2 is 1.89 bits per heavy atom. The second-order valence-corrected chi connectivity index (χ2v) is 3.78. The summed E-state index contributed by atoms with van der Waals surface area (Å²) in [6.45, 7) is 1.32. The van der Waals surface area contributed by atoms with Gasteiger partial charge in [0.05, 0.1) is 6.61 Å². The molecule has 0 saturated heterocycles. The second kappa shape index (κ2) is 5.10. The molecular formula is C13H11F2NO2. The predicted octanol–water partition coefficient (Wildman–Crippen LogP) is 2.95. The number of aliphatic hydroxyl groups excluding tert-OH is 1. The van der Waals surface area contributed by atoms with Crippen LogP contribution in [0.25, 0.3) is 0 Å². The van der Waals surface area contributed by atoms with Crippen LogP contribution in [-0.4, -0.2) is 10.1 Å². The monoisotopic (exact) mass is 251 g/mol. The highest BCUT2D eigenvalue weighted by atomic mass is 19.1. The Labute approximate surface area is 103 Å². The smallest absolute Gasteiger partial charge is 0.198 e. The van der Waals surface area contributed by atoms with Gasteiger partial charge in [-0.25, -0.2) is 8.78 Å². The summed E-state index contributed by atoms with van der Waals surface area (Å²) in [5.74, 6) is -1.89. The van der Waals surface area contributed by atoms with Crippen molar-refractivity contribution < 1.29 is 18.6 Å². The minimum atomic E-state index is -0.853. The van der Waals surface area contributed by atoms with E-state index in [1.807, 2.05) is 0 Å². The van der Waals surface area contributed by atoms with Gasteiger partial charge >= 0.3 is 0 Å². The summed E-state index contributed by atoms with van der Waals surface area (Å²) >= 11 is 0. The normalized spacial score (nSPS) is 10.4. The molecule has 0 saturated carbocycles. The highest BCUT2D eigenvalue weighted by Crippen LogP contribution is 2.28. The van der Waals surface area contributed by atoms with Gasteiger partial charge in [0.15, 0.2) is 17.4 Å². The van der Waals surface area contributed by atoms with Gasteiger partial charge in [-0.1, -0.05) is 0 Å². The summed E-state index contributed by atoms with van der Waals surface area (Å²) in [5, 5.41) is 8.82. The average Bonchev–Trinajstić information content (AvgIpc) is 2.33. The second-order valence-electron chi connectivity index (χ2n) is 3.78. The summed E-state index contributed by atoms with van der Waals surface area (Å²) < 4.78 is 32.3. The molecule has 0 aliphatic rings. The third kappa shape index (κ3) is 2.62. The minimum Gasteiger partial charge on any atom is -0.451 e. The van der Waals surface area contributed by atoms with E-state index in [-0.39, 0.29) is 5.56 Å². The zero-order valence-electron chi connectivity index (χ0n) is 9.65. The molecule has 2 rings (SSSR count). The van der Waals surface area contributed by atoms with Gasteiger partial charge in [-0.3, -0.25) is 4.98 Å². The Morgan fingerprint density at radius 1 is 1.22 bits per heavy atom. The van der Waals surface area contributed by atoms with Gasteiger partial charge in [0.2, 0.25) is 0 Å². The third-order valence-corrected chi connectivity index (χ3v) is 2.33. The first kappa shape index (κ1) is 12.4. The standard InChI is InChI=1S/C13H11F2NO2/c1-8-4-10(2-3-16-8)18-13-11(14)5-9(7-17)6-12(13)15/h2-6,17H,7H2,1H3. The van der Waals surface area contributed by atoms with Crippen molar-refractivity contribution >= 4 is 0 Å². The Hall–Kier alpha value is -2.01. The molecule has 3 nitrogen and oxygen atoms in total. The first-order valence-electron chi connectivity index (χ1n) is 5.29. The van der Waals surface area contributed by atoms with Crippen LogP contribution in [-0.2, 0) is 6.61 Å². The van der Waals surface area contributed by atoms with Crippen LogP contribution in [0.2, 0.25) is 0 Å². The van der Waals surface area contributed by atoms with Crippen LogP contribution in [0.5, 0.6) is 11.5 Å². The molecule has 0 unspecified atom stereocenters. The number of aryl methyl sites for hydroxylation is 1. The maximum atomic E-state index is 13.6. The average molecular weight is 251 g/mol. The maximum Gasteiger partial charge on any atom is 0.198 e. The van der Waals surface area contributed by atoms with Crippen molar-refractivity contribution in [2.45, 2.75) is 13.5 Å². The lowest BCUT2D eigenvalue weighted by molar-refractivity contribution is 0.279. The Bertz CT molecular complexity index is 550. The molecule has 0 bridgehead atoms. The molecule has 1 N–H and O–H groups in total. The van der Waals surface area contributed by atoms with Gasteiger partial charge in [-0.05, 0) is 30.7 Å². The molecule has 0 fully saturated rings. The molecule has 0 aliphatic heterocycles. The number of nitrogens with zero attached hydrogens (tertiary/aromatic N) is 1. The molecule has 0 atom stereocenters. The number of rotatable bonds is 3. The lowest BCUT2D eigenvalue weighted by Crippen LogP contribution is -1.96. The van der Waals surface area contributed by atoms with Crippen LogP contribution in [0.3, 0.4) is 0 Å². The van der Waals surface area contributed by atoms with Crippen molar-refractivity contribution in [3.05, 3.63) is 53.4 Å². The largest absolute Gasteiger partial charge is 0.451 e. The highest BCUT2D eigenvalue weighted by Gasteiger charge is 2.13. The fraction of sp³-hybridized carbons (Fsp3) is 0.154. The van der Waals surface area contributed by atoms with Crippen LogP contribution in [0.1, 0.15) is 11.3 Å². The van der Waals surface area contributed by atoms with Gasteiger partial charge < -0.3 is 9.84 Å². The van der Waals surface area contributed by atoms with Crippen LogP contribution >= 0.6 is 0 Å². The van der Waals surface area contributed by atoms with Gasteiger partial charge in [0, 0.05) is 18.0 Å². The number of hydrogen-bond donors (Lipinski definition) is 1. The topological polar surface area (TPSA) is 42.4 Å². The lowest BCUT2D eigenvalue weighted by Gasteiger charge is -2.09. The summed E-state index contributed by atoms with van der Waals surface area (Å²) in [5.41, 5.74) is 0.837. The van der Waals surface area contributed by atoms with E-state index in [9.17, 15) is 8.78 Å². The van der Waals surface area contributed by atoms with Gasteiger partial charge in [-0.2, -0.15) is 0 Å². The summed E-state index contributed by atoms with van der Waals surface area (Å²) in [4.78, 5) is 3.95. The molecule has 1 aromatic heterocycles. The van der Waals surface area contributed by atoms with Crippen molar-refractivity contribution in [1.82, 2.24) is 4.98 Å². The maximum absolute atomic E-state index is 13.6. The molecular weight excluding hydrogens is 240 g/mol. The fourth-order valence-electron chi connectivity index (χ4n) is 1.50. The summed E-state index contributed by atoms with van der Waals surface area (Å²) in [6, 6.07) is 5.14. The van der Waals surface area contributed by atoms with Crippen molar-refractivity contribution in [3.8, 4) is 11.5 Å². The number of aliphatic hydroxyl groups is 1. The number of benzene rings is 1. The SMILES string of the molecule is Cc1cc(Oc2c(F)cc(CO)cc2F)ccn1. The Kier molecular flexibility index (Phi) is 3.53. The molecule has 0 spiro atoms. The van der Waals surface area contributed by atoms with E-state index in [1.165, 1.54) is 12.3 Å². The lowest BCUT2D eigenvalue weighted by atomic mass is 10.2. The molecule has 2 aromatic rings. The Morgan fingerprint density at radius 3 is 2.44 bits per heavy atom. The molecule has 1 aromatic carbocycles. The van der Waals surface area contributed by atoms with Crippen molar-refractivity contribution in [3.63, 3.8) is 0 Å². The first-order valence-corrected chi connectivity index (χ1v) is 5.29. The van der Waals surface area contributed by atoms with E-state index in [2.05, 4.69) is 4.98 Å². The van der Waals surface area contributed by atoms with Crippen LogP contribution in [0.4, 0.5) is 8.78 Å². The number of pyridine rings is 1. The molecule has 0 aliphatic carbocycles. The molecule has 0 amide bonds. The van der Waals surface area contributed by atoms with Gasteiger partial charge in [0.1, 0.15) is 5.75 Å². The van der Waals surface area contributed by atoms with E-state index in [4.69, 9.17) is 9.84 Å². The van der Waals surface area contributed by atoms with Gasteiger partial charge in [-0.15, -0.1) is 0 Å². The van der Waals surface area contributed by atoms with E-state index in [0.29, 0.717) is 11.4 Å². The van der Waals surface area contributed by atoms with Crippen LogP contribution in [0, 0.1) is 18.6 Å². The third-order valence-electron chi connectivity index (χ3n) is 2.33. The van der Waals surface area contributed by atoms with E-state index in [0.717, 1.165) is 12.1 Å². The van der Waals surface area contributed by atoms with E-state index < -0.39 is 24.0 Å². The Balaban J connectivity index is 2.35. The summed E-state index contributed by atoms with van der Waals surface area (Å²) in [6.07, 6.45) is 1.49. The van der Waals surface area contributed by atoms with Crippen LogP contribution in [0.15, 0.2) is 30.5 Å². The molecule has 1 heterocycles.